The van der Waals surface area contributed by atoms with Crippen molar-refractivity contribution >= 4 is 15.9 Å². The van der Waals surface area contributed by atoms with Gasteiger partial charge in [0, 0.05) is 37.3 Å². The fourth-order valence-corrected chi connectivity index (χ4v) is 3.62. The van der Waals surface area contributed by atoms with E-state index in [0.717, 1.165) is 32.6 Å². The molecule has 1 aliphatic heterocycles. The topological polar surface area (TPSA) is 33.1 Å². The Morgan fingerprint density at radius 1 is 1.24 bits per heavy atom. The van der Waals surface area contributed by atoms with Crippen LogP contribution in [0.3, 0.4) is 0 Å². The Balaban J connectivity index is 2.29. The number of aryl methyl sites for hydroxylation is 2. The molecule has 0 unspecified atom stereocenters. The number of piperazine rings is 1. The third-order valence-electron chi connectivity index (χ3n) is 4.48. The maximum Gasteiger partial charge on any atom is 0.0767 e. The van der Waals surface area contributed by atoms with Crippen molar-refractivity contribution in [2.24, 2.45) is 0 Å². The largest absolute Gasteiger partial charge is 0.309 e. The molecule has 0 radical (unpaired) electrons. The lowest BCUT2D eigenvalue weighted by Gasteiger charge is -2.49. The number of nitrogens with one attached hydrogen (secondary N) is 1. The molecule has 0 bridgehead atoms. The SMILES string of the molecule is CCc1nn(CC)c(CN2CC(C)(C)NCC2(C)C)c1Br. The first-order chi connectivity index (χ1) is 9.70. The fourth-order valence-electron chi connectivity index (χ4n) is 2.93. The molecule has 0 saturated carbocycles. The highest BCUT2D eigenvalue weighted by Gasteiger charge is 2.38. The van der Waals surface area contributed by atoms with Gasteiger partial charge in [0.1, 0.15) is 0 Å². The average Bonchev–Trinajstić information content (AvgIpc) is 2.71. The van der Waals surface area contributed by atoms with Crippen molar-refractivity contribution in [2.75, 3.05) is 13.1 Å². The summed E-state index contributed by atoms with van der Waals surface area (Å²) in [4.78, 5) is 2.58. The van der Waals surface area contributed by atoms with Crippen LogP contribution in [0, 0.1) is 0 Å². The van der Waals surface area contributed by atoms with Crippen LogP contribution in [0.25, 0.3) is 0 Å². The molecular weight excluding hydrogens is 328 g/mol. The third-order valence-corrected chi connectivity index (χ3v) is 5.39. The molecule has 120 valence electrons. The lowest BCUT2D eigenvalue weighted by atomic mass is 9.91. The van der Waals surface area contributed by atoms with Crippen LogP contribution in [0.1, 0.15) is 52.9 Å². The summed E-state index contributed by atoms with van der Waals surface area (Å²) >= 11 is 3.77. The van der Waals surface area contributed by atoms with Gasteiger partial charge in [-0.25, -0.2) is 0 Å². The normalized spacial score (nSPS) is 21.7. The molecule has 0 atom stereocenters. The van der Waals surface area contributed by atoms with E-state index in [-0.39, 0.29) is 11.1 Å². The van der Waals surface area contributed by atoms with E-state index in [9.17, 15) is 0 Å². The van der Waals surface area contributed by atoms with Crippen LogP contribution in [0.2, 0.25) is 0 Å². The quantitative estimate of drug-likeness (QED) is 0.899. The molecule has 5 heteroatoms. The van der Waals surface area contributed by atoms with Crippen LogP contribution in [0.15, 0.2) is 4.47 Å². The van der Waals surface area contributed by atoms with E-state index < -0.39 is 0 Å². The van der Waals surface area contributed by atoms with Crippen LogP contribution < -0.4 is 5.32 Å². The summed E-state index contributed by atoms with van der Waals surface area (Å²) in [5.74, 6) is 0. The lowest BCUT2D eigenvalue weighted by molar-refractivity contribution is 0.0301. The standard InChI is InChI=1S/C16H29BrN4/c1-7-12-14(17)13(21(8-2)19-12)9-20-11-15(3,4)18-10-16(20,5)6/h18H,7-11H2,1-6H3. The lowest BCUT2D eigenvalue weighted by Crippen LogP contribution is -2.65. The first-order valence-corrected chi connectivity index (χ1v) is 8.73. The van der Waals surface area contributed by atoms with Crippen LogP contribution in [0.4, 0.5) is 0 Å². The molecule has 0 aromatic carbocycles. The van der Waals surface area contributed by atoms with Gasteiger partial charge in [-0.2, -0.15) is 5.10 Å². The molecule has 1 aliphatic rings. The molecule has 1 saturated heterocycles. The number of hydrogen-bond acceptors (Lipinski definition) is 3. The molecule has 0 amide bonds. The van der Waals surface area contributed by atoms with Crippen molar-refractivity contribution in [3.63, 3.8) is 0 Å². The number of nitrogens with zero attached hydrogens (tertiary/aromatic N) is 3. The smallest absolute Gasteiger partial charge is 0.0767 e. The van der Waals surface area contributed by atoms with Gasteiger partial charge in [-0.15, -0.1) is 0 Å². The Kier molecular flexibility index (Phi) is 4.86. The highest BCUT2D eigenvalue weighted by molar-refractivity contribution is 9.10. The molecule has 1 N–H and O–H groups in total. The van der Waals surface area contributed by atoms with Crippen molar-refractivity contribution in [2.45, 2.75) is 72.1 Å². The summed E-state index contributed by atoms with van der Waals surface area (Å²) in [6, 6.07) is 0. The van der Waals surface area contributed by atoms with E-state index in [1.54, 1.807) is 0 Å². The van der Waals surface area contributed by atoms with Crippen molar-refractivity contribution in [3.05, 3.63) is 15.9 Å². The molecule has 21 heavy (non-hydrogen) atoms. The summed E-state index contributed by atoms with van der Waals surface area (Å²) in [6.45, 7) is 17.4. The van der Waals surface area contributed by atoms with E-state index in [2.05, 4.69) is 72.4 Å². The molecule has 4 nitrogen and oxygen atoms in total. The van der Waals surface area contributed by atoms with E-state index >= 15 is 0 Å². The van der Waals surface area contributed by atoms with Gasteiger partial charge in [0.15, 0.2) is 0 Å². The Labute approximate surface area is 137 Å². The van der Waals surface area contributed by atoms with Gasteiger partial charge < -0.3 is 5.32 Å². The minimum absolute atomic E-state index is 0.157. The highest BCUT2D eigenvalue weighted by Crippen LogP contribution is 2.29. The molecular formula is C16H29BrN4. The number of aromatic nitrogens is 2. The van der Waals surface area contributed by atoms with Crippen LogP contribution >= 0.6 is 15.9 Å². The zero-order valence-corrected chi connectivity index (χ0v) is 15.8. The predicted octanol–water partition coefficient (Wildman–Crippen LogP) is 3.19. The summed E-state index contributed by atoms with van der Waals surface area (Å²) in [5, 5.41) is 8.37. The van der Waals surface area contributed by atoms with Gasteiger partial charge in [0.2, 0.25) is 0 Å². The predicted molar refractivity (Wildman–Crippen MR) is 91.5 cm³/mol. The monoisotopic (exact) mass is 356 g/mol. The zero-order chi connectivity index (χ0) is 15.8. The second-order valence-corrected chi connectivity index (χ2v) is 8.08. The third kappa shape index (κ3) is 3.51. The highest BCUT2D eigenvalue weighted by atomic mass is 79.9. The van der Waals surface area contributed by atoms with Crippen molar-refractivity contribution in [1.82, 2.24) is 20.0 Å². The zero-order valence-electron chi connectivity index (χ0n) is 14.3. The first kappa shape index (κ1) is 17.0. The number of hydrogen-bond donors (Lipinski definition) is 1. The maximum atomic E-state index is 4.72. The van der Waals surface area contributed by atoms with Gasteiger partial charge >= 0.3 is 0 Å². The molecule has 1 aromatic rings. The Morgan fingerprint density at radius 2 is 1.90 bits per heavy atom. The van der Waals surface area contributed by atoms with Crippen LogP contribution in [0.5, 0.6) is 0 Å². The van der Waals surface area contributed by atoms with Crippen LogP contribution in [-0.4, -0.2) is 38.8 Å². The van der Waals surface area contributed by atoms with E-state index in [0.29, 0.717) is 0 Å². The van der Waals surface area contributed by atoms with Crippen molar-refractivity contribution in [3.8, 4) is 0 Å². The second kappa shape index (κ2) is 6.01. The molecule has 1 aromatic heterocycles. The van der Waals surface area contributed by atoms with E-state index in [1.807, 2.05) is 0 Å². The molecule has 1 fully saturated rings. The molecule has 2 heterocycles. The van der Waals surface area contributed by atoms with Crippen LogP contribution in [-0.2, 0) is 19.5 Å². The summed E-state index contributed by atoms with van der Waals surface area (Å²) in [7, 11) is 0. The van der Waals surface area contributed by atoms with E-state index in [1.165, 1.54) is 15.9 Å². The van der Waals surface area contributed by atoms with Gasteiger partial charge in [-0.3, -0.25) is 9.58 Å². The number of halogens is 1. The Hall–Kier alpha value is -0.390. The minimum atomic E-state index is 0.157. The van der Waals surface area contributed by atoms with Crippen molar-refractivity contribution in [1.29, 1.82) is 0 Å². The van der Waals surface area contributed by atoms with Crippen molar-refractivity contribution < 1.29 is 0 Å². The van der Waals surface area contributed by atoms with Gasteiger partial charge in [-0.1, -0.05) is 6.92 Å². The summed E-state index contributed by atoms with van der Waals surface area (Å²) < 4.78 is 3.34. The first-order valence-electron chi connectivity index (χ1n) is 7.94. The van der Waals surface area contributed by atoms with E-state index in [4.69, 9.17) is 5.10 Å². The van der Waals surface area contributed by atoms with Gasteiger partial charge in [0.25, 0.3) is 0 Å². The molecule has 0 aliphatic carbocycles. The second-order valence-electron chi connectivity index (χ2n) is 7.28. The molecule has 0 spiro atoms. The van der Waals surface area contributed by atoms with Gasteiger partial charge in [0.05, 0.1) is 15.9 Å². The van der Waals surface area contributed by atoms with Gasteiger partial charge in [-0.05, 0) is 57.0 Å². The Morgan fingerprint density at radius 3 is 2.48 bits per heavy atom. The number of rotatable bonds is 4. The summed E-state index contributed by atoms with van der Waals surface area (Å²) in [5.41, 5.74) is 2.79. The summed E-state index contributed by atoms with van der Waals surface area (Å²) in [6.07, 6.45) is 0.969. The Bertz CT molecular complexity index is 505. The maximum absolute atomic E-state index is 4.72. The minimum Gasteiger partial charge on any atom is -0.309 e. The average molecular weight is 357 g/mol. The fraction of sp³-hybridized carbons (Fsp3) is 0.812. The molecule has 2 rings (SSSR count).